The Kier molecular flexibility index (Phi) is 8.68. The van der Waals surface area contributed by atoms with Crippen LogP contribution in [0, 0.1) is 23.2 Å². The lowest BCUT2D eigenvalue weighted by Crippen LogP contribution is -2.15. The summed E-state index contributed by atoms with van der Waals surface area (Å²) in [7, 11) is 0. The van der Waals surface area contributed by atoms with Crippen LogP contribution in [0.15, 0.2) is 36.7 Å². The molecule has 29 heavy (non-hydrogen) atoms. The second kappa shape index (κ2) is 11.7. The third-order valence-corrected chi connectivity index (χ3v) is 6.50. The van der Waals surface area contributed by atoms with E-state index in [1.54, 1.807) is 0 Å². The highest BCUT2D eigenvalue weighted by Gasteiger charge is 2.20. The molecule has 1 aromatic heterocycles. The van der Waals surface area contributed by atoms with Crippen LogP contribution in [-0.4, -0.2) is 9.97 Å². The highest BCUT2D eigenvalue weighted by atomic mass is 14.9. The van der Waals surface area contributed by atoms with Crippen molar-refractivity contribution in [1.82, 2.24) is 9.97 Å². The standard InChI is InChI=1S/C26H35N3/c1-2-3-4-5-6-7-21-8-10-22(11-9-21)12-13-24-19-28-26(29-20-24)25-16-14-23(18-27)15-17-25/h14-17,19-22H,2-13H2,1H3. The van der Waals surface area contributed by atoms with Crippen LogP contribution >= 0.6 is 0 Å². The monoisotopic (exact) mass is 389 g/mol. The fourth-order valence-corrected chi connectivity index (χ4v) is 4.54. The van der Waals surface area contributed by atoms with Gasteiger partial charge in [0.05, 0.1) is 11.6 Å². The zero-order chi connectivity index (χ0) is 20.3. The van der Waals surface area contributed by atoms with Crippen LogP contribution in [0.2, 0.25) is 0 Å². The highest BCUT2D eigenvalue weighted by Crippen LogP contribution is 2.34. The number of aryl methyl sites for hydroxylation is 1. The number of aromatic nitrogens is 2. The molecule has 0 radical (unpaired) electrons. The van der Waals surface area contributed by atoms with E-state index in [1.165, 1.54) is 76.2 Å². The van der Waals surface area contributed by atoms with Gasteiger partial charge in [0.2, 0.25) is 0 Å². The first-order chi connectivity index (χ1) is 14.3. The predicted molar refractivity (Wildman–Crippen MR) is 119 cm³/mol. The molecule has 1 saturated carbocycles. The van der Waals surface area contributed by atoms with Crippen molar-refractivity contribution in [3.63, 3.8) is 0 Å². The van der Waals surface area contributed by atoms with Gasteiger partial charge in [-0.1, -0.05) is 71.1 Å². The van der Waals surface area contributed by atoms with E-state index < -0.39 is 0 Å². The summed E-state index contributed by atoms with van der Waals surface area (Å²) < 4.78 is 0. The normalized spacial score (nSPS) is 19.0. The molecule has 1 heterocycles. The summed E-state index contributed by atoms with van der Waals surface area (Å²) in [4.78, 5) is 9.08. The molecule has 1 aromatic carbocycles. The Bertz CT molecular complexity index is 750. The van der Waals surface area contributed by atoms with Crippen molar-refractivity contribution in [3.05, 3.63) is 47.8 Å². The van der Waals surface area contributed by atoms with Gasteiger partial charge in [-0.15, -0.1) is 0 Å². The fourth-order valence-electron chi connectivity index (χ4n) is 4.54. The molecule has 0 spiro atoms. The molecule has 0 bridgehead atoms. The summed E-state index contributed by atoms with van der Waals surface area (Å²) in [6.45, 7) is 2.29. The van der Waals surface area contributed by atoms with Crippen LogP contribution in [-0.2, 0) is 6.42 Å². The van der Waals surface area contributed by atoms with Crippen LogP contribution < -0.4 is 0 Å². The lowest BCUT2D eigenvalue weighted by atomic mass is 9.78. The second-order valence-electron chi connectivity index (χ2n) is 8.73. The number of benzene rings is 1. The maximum atomic E-state index is 8.90. The Morgan fingerprint density at radius 1 is 0.862 bits per heavy atom. The fraction of sp³-hybridized carbons (Fsp3) is 0.577. The zero-order valence-electron chi connectivity index (χ0n) is 17.9. The van der Waals surface area contributed by atoms with Crippen LogP contribution in [0.4, 0.5) is 0 Å². The Balaban J connectivity index is 1.37. The molecule has 0 amide bonds. The van der Waals surface area contributed by atoms with Crippen LogP contribution in [0.5, 0.6) is 0 Å². The Morgan fingerprint density at radius 2 is 1.48 bits per heavy atom. The summed E-state index contributed by atoms with van der Waals surface area (Å²) >= 11 is 0. The summed E-state index contributed by atoms with van der Waals surface area (Å²) in [5, 5.41) is 8.90. The van der Waals surface area contributed by atoms with E-state index in [1.807, 2.05) is 36.7 Å². The van der Waals surface area contributed by atoms with E-state index >= 15 is 0 Å². The average Bonchev–Trinajstić information content (AvgIpc) is 2.79. The van der Waals surface area contributed by atoms with E-state index in [0.717, 1.165) is 29.6 Å². The van der Waals surface area contributed by atoms with Crippen molar-refractivity contribution in [2.24, 2.45) is 11.8 Å². The maximum Gasteiger partial charge on any atom is 0.159 e. The van der Waals surface area contributed by atoms with Crippen molar-refractivity contribution in [3.8, 4) is 17.5 Å². The number of hydrogen-bond donors (Lipinski definition) is 0. The van der Waals surface area contributed by atoms with Crippen molar-refractivity contribution in [2.75, 3.05) is 0 Å². The van der Waals surface area contributed by atoms with Gasteiger partial charge in [-0.25, -0.2) is 9.97 Å². The Hall–Kier alpha value is -2.21. The van der Waals surface area contributed by atoms with Crippen LogP contribution in [0.3, 0.4) is 0 Å². The minimum atomic E-state index is 0.664. The van der Waals surface area contributed by atoms with Crippen molar-refractivity contribution >= 4 is 0 Å². The van der Waals surface area contributed by atoms with Gasteiger partial charge in [-0.2, -0.15) is 5.26 Å². The molecule has 0 aliphatic heterocycles. The third kappa shape index (κ3) is 6.96. The van der Waals surface area contributed by atoms with E-state index in [2.05, 4.69) is 23.0 Å². The minimum absolute atomic E-state index is 0.664. The summed E-state index contributed by atoms with van der Waals surface area (Å²) in [6, 6.07) is 9.59. The van der Waals surface area contributed by atoms with E-state index in [-0.39, 0.29) is 0 Å². The van der Waals surface area contributed by atoms with Gasteiger partial charge in [0.25, 0.3) is 0 Å². The molecule has 2 aromatic rings. The molecule has 3 nitrogen and oxygen atoms in total. The first kappa shape index (κ1) is 21.5. The number of unbranched alkanes of at least 4 members (excludes halogenated alkanes) is 4. The molecule has 0 saturated heterocycles. The third-order valence-electron chi connectivity index (χ3n) is 6.50. The number of nitrogens with zero attached hydrogens (tertiary/aromatic N) is 3. The van der Waals surface area contributed by atoms with Gasteiger partial charge in [0.15, 0.2) is 5.82 Å². The second-order valence-corrected chi connectivity index (χ2v) is 8.73. The number of hydrogen-bond acceptors (Lipinski definition) is 3. The Labute approximate surface area is 176 Å². The molecule has 3 rings (SSSR count). The molecule has 1 fully saturated rings. The first-order valence-corrected chi connectivity index (χ1v) is 11.6. The molecule has 154 valence electrons. The van der Waals surface area contributed by atoms with Crippen molar-refractivity contribution < 1.29 is 0 Å². The first-order valence-electron chi connectivity index (χ1n) is 11.6. The molecule has 0 atom stereocenters. The van der Waals surface area contributed by atoms with Crippen molar-refractivity contribution in [2.45, 2.75) is 84.0 Å². The van der Waals surface area contributed by atoms with Crippen LogP contribution in [0.1, 0.15) is 88.7 Å². The van der Waals surface area contributed by atoms with Crippen LogP contribution in [0.25, 0.3) is 11.4 Å². The average molecular weight is 390 g/mol. The molecule has 0 N–H and O–H groups in total. The summed E-state index contributed by atoms with van der Waals surface area (Å²) in [5.74, 6) is 2.60. The van der Waals surface area contributed by atoms with E-state index in [0.29, 0.717) is 5.56 Å². The quantitative estimate of drug-likeness (QED) is 0.407. The van der Waals surface area contributed by atoms with E-state index in [9.17, 15) is 0 Å². The van der Waals surface area contributed by atoms with Gasteiger partial charge in [-0.05, 0) is 54.5 Å². The smallest absolute Gasteiger partial charge is 0.159 e. The topological polar surface area (TPSA) is 49.6 Å². The molecular formula is C26H35N3. The lowest BCUT2D eigenvalue weighted by molar-refractivity contribution is 0.248. The van der Waals surface area contributed by atoms with Crippen molar-refractivity contribution in [1.29, 1.82) is 5.26 Å². The van der Waals surface area contributed by atoms with Gasteiger partial charge in [-0.3, -0.25) is 0 Å². The molecule has 1 aliphatic carbocycles. The lowest BCUT2D eigenvalue weighted by Gasteiger charge is -2.28. The minimum Gasteiger partial charge on any atom is -0.236 e. The SMILES string of the molecule is CCCCCCCC1CCC(CCc2cnc(-c3ccc(C#N)cc3)nc2)CC1. The summed E-state index contributed by atoms with van der Waals surface area (Å²) in [6.07, 6.45) is 20.5. The number of rotatable bonds is 10. The van der Waals surface area contributed by atoms with Gasteiger partial charge in [0.1, 0.15) is 0 Å². The van der Waals surface area contributed by atoms with E-state index in [4.69, 9.17) is 5.26 Å². The molecular weight excluding hydrogens is 354 g/mol. The zero-order valence-corrected chi connectivity index (χ0v) is 17.9. The molecule has 0 unspecified atom stereocenters. The van der Waals surface area contributed by atoms with Gasteiger partial charge in [0, 0.05) is 18.0 Å². The summed E-state index contributed by atoms with van der Waals surface area (Å²) in [5.41, 5.74) is 2.86. The highest BCUT2D eigenvalue weighted by molar-refractivity contribution is 5.56. The maximum absolute atomic E-state index is 8.90. The molecule has 3 heteroatoms. The van der Waals surface area contributed by atoms with Gasteiger partial charge >= 0.3 is 0 Å². The Morgan fingerprint density at radius 3 is 2.10 bits per heavy atom. The number of nitriles is 1. The molecule has 1 aliphatic rings. The predicted octanol–water partition coefficient (Wildman–Crippen LogP) is 7.11. The van der Waals surface area contributed by atoms with Gasteiger partial charge < -0.3 is 0 Å². The largest absolute Gasteiger partial charge is 0.236 e.